The number of benzene rings is 5. The molecule has 0 aromatic heterocycles. The van der Waals surface area contributed by atoms with Crippen LogP contribution in [0.2, 0.25) is 26.2 Å². The molecule has 245 valence electrons. The third kappa shape index (κ3) is 6.08. The molecule has 0 saturated heterocycles. The van der Waals surface area contributed by atoms with E-state index in [0.717, 1.165) is 5.75 Å². The highest BCUT2D eigenvalue weighted by atomic mass is 28.3. The van der Waals surface area contributed by atoms with E-state index in [1.807, 2.05) is 6.08 Å². The first-order valence-electron chi connectivity index (χ1n) is 17.4. The molecule has 0 unspecified atom stereocenters. The molecule has 0 spiro atoms. The average molecular weight is 664 g/mol. The maximum atomic E-state index is 6.86. The Bertz CT molecular complexity index is 1930. The summed E-state index contributed by atoms with van der Waals surface area (Å²) >= 11 is 0. The zero-order chi connectivity index (χ0) is 34.5. The maximum Gasteiger partial charge on any atom is 0.122 e. The summed E-state index contributed by atoms with van der Waals surface area (Å²) in [5, 5.41) is 2.94. The lowest BCUT2D eigenvalue weighted by Gasteiger charge is -2.38. The topological polar surface area (TPSA) is 9.23 Å². The van der Waals surface area contributed by atoms with E-state index in [2.05, 4.69) is 165 Å². The number of hydrogen-bond donors (Lipinski definition) is 0. The quantitative estimate of drug-likeness (QED) is 0.119. The van der Waals surface area contributed by atoms with Gasteiger partial charge in [-0.25, -0.2) is 0 Å². The van der Waals surface area contributed by atoms with Crippen LogP contribution in [0.1, 0.15) is 59.7 Å². The highest BCUT2D eigenvalue weighted by Crippen LogP contribution is 2.51. The molecule has 0 saturated carbocycles. The number of ether oxygens (including phenoxy) is 1. The number of rotatable bonds is 8. The highest BCUT2D eigenvalue weighted by Gasteiger charge is 2.45. The second kappa shape index (κ2) is 12.8. The van der Waals surface area contributed by atoms with Gasteiger partial charge in [0.2, 0.25) is 0 Å². The van der Waals surface area contributed by atoms with Crippen LogP contribution < -0.4 is 15.1 Å². The van der Waals surface area contributed by atoms with E-state index in [0.29, 0.717) is 6.61 Å². The Morgan fingerprint density at radius 3 is 1.67 bits per heavy atom. The molecule has 5 aromatic rings. The summed E-state index contributed by atoms with van der Waals surface area (Å²) < 4.78 is 6.86. The predicted octanol–water partition coefficient (Wildman–Crippen LogP) is 11.0. The van der Waals surface area contributed by atoms with Crippen molar-refractivity contribution >= 4 is 27.2 Å². The number of aryl methyl sites for hydroxylation is 3. The largest absolute Gasteiger partial charge is 0.489 e. The van der Waals surface area contributed by atoms with Crippen LogP contribution in [0.15, 0.2) is 104 Å². The van der Waals surface area contributed by atoms with Crippen molar-refractivity contribution in [1.82, 2.24) is 0 Å². The van der Waals surface area contributed by atoms with Crippen molar-refractivity contribution in [3.8, 4) is 39.1 Å². The monoisotopic (exact) mass is 663 g/mol. The molecule has 1 nitrogen and oxygen atoms in total. The first kappa shape index (κ1) is 34.0. The molecular weight excluding hydrogens is 613 g/mol. The molecular formula is C45H51OSi2. The Morgan fingerprint density at radius 2 is 1.23 bits per heavy atom. The van der Waals surface area contributed by atoms with E-state index in [1.54, 1.807) is 0 Å². The van der Waals surface area contributed by atoms with Crippen molar-refractivity contribution in [2.24, 2.45) is 0 Å². The smallest absolute Gasteiger partial charge is 0.122 e. The second-order valence-corrected chi connectivity index (χ2v) is 22.7. The van der Waals surface area contributed by atoms with Crippen LogP contribution in [-0.4, -0.2) is 23.5 Å². The Hall–Kier alpha value is -3.93. The van der Waals surface area contributed by atoms with Gasteiger partial charge in [0.05, 0.1) is 16.9 Å². The lowest BCUT2D eigenvalue weighted by atomic mass is 9.85. The molecule has 1 aliphatic rings. The van der Waals surface area contributed by atoms with Gasteiger partial charge in [-0.3, -0.25) is 0 Å². The van der Waals surface area contributed by atoms with Gasteiger partial charge in [0.1, 0.15) is 12.4 Å². The van der Waals surface area contributed by atoms with E-state index in [9.17, 15) is 0 Å². The van der Waals surface area contributed by atoms with Gasteiger partial charge < -0.3 is 4.74 Å². The molecule has 48 heavy (non-hydrogen) atoms. The molecule has 0 bridgehead atoms. The molecule has 1 radical (unpaired) electrons. The van der Waals surface area contributed by atoms with E-state index in [-0.39, 0.29) is 11.0 Å². The van der Waals surface area contributed by atoms with Crippen molar-refractivity contribution in [3.05, 3.63) is 137 Å². The summed E-state index contributed by atoms with van der Waals surface area (Å²) in [4.78, 5) is 0. The van der Waals surface area contributed by atoms with Gasteiger partial charge >= 0.3 is 0 Å². The van der Waals surface area contributed by atoms with Crippen LogP contribution in [0.3, 0.4) is 0 Å². The van der Waals surface area contributed by atoms with Crippen molar-refractivity contribution in [2.75, 3.05) is 6.61 Å². The van der Waals surface area contributed by atoms with Gasteiger partial charge in [0.15, 0.2) is 0 Å². The zero-order valence-electron chi connectivity index (χ0n) is 30.6. The van der Waals surface area contributed by atoms with Gasteiger partial charge in [-0.05, 0) is 81.4 Å². The lowest BCUT2D eigenvalue weighted by Crippen LogP contribution is -2.51. The zero-order valence-corrected chi connectivity index (χ0v) is 32.6. The number of hydrogen-bond acceptors (Lipinski definition) is 1. The summed E-state index contributed by atoms with van der Waals surface area (Å²) in [7, 11) is -3.11. The van der Waals surface area contributed by atoms with Gasteiger partial charge in [0.25, 0.3) is 0 Å². The van der Waals surface area contributed by atoms with E-state index in [4.69, 9.17) is 4.74 Å². The Labute approximate surface area is 292 Å². The SMILES string of the molecule is C=CCOc1c([Si](C)(C)C2c3cc(-c4cccc(C)c4)ccc3-c3ccc(-c4cccc(C)c4)cc32)cc(C)c([Si](C)C)c1C(C)(C)C. The van der Waals surface area contributed by atoms with E-state index in [1.165, 1.54) is 77.1 Å². The molecule has 0 aliphatic heterocycles. The fourth-order valence-corrected chi connectivity index (χ4v) is 13.7. The van der Waals surface area contributed by atoms with E-state index >= 15 is 0 Å². The minimum Gasteiger partial charge on any atom is -0.489 e. The summed E-state index contributed by atoms with van der Waals surface area (Å²) in [5.41, 5.74) is 16.4. The first-order chi connectivity index (χ1) is 22.7. The number of fused-ring (bicyclic) bond motifs is 3. The van der Waals surface area contributed by atoms with Crippen LogP contribution in [0, 0.1) is 20.8 Å². The van der Waals surface area contributed by atoms with Crippen LogP contribution in [-0.2, 0) is 5.41 Å². The lowest BCUT2D eigenvalue weighted by molar-refractivity contribution is 0.354. The first-order valence-corrected chi connectivity index (χ1v) is 22.9. The van der Waals surface area contributed by atoms with E-state index < -0.39 is 16.9 Å². The molecule has 0 fully saturated rings. The Balaban J connectivity index is 1.65. The predicted molar refractivity (Wildman–Crippen MR) is 214 cm³/mol. The van der Waals surface area contributed by atoms with Gasteiger partial charge in [-0.1, -0.05) is 172 Å². The Morgan fingerprint density at radius 1 is 0.729 bits per heavy atom. The minimum atomic E-state index is -2.36. The molecule has 0 N–H and O–H groups in total. The van der Waals surface area contributed by atoms with Gasteiger partial charge in [-0.15, -0.1) is 0 Å². The van der Waals surface area contributed by atoms with Crippen molar-refractivity contribution in [3.63, 3.8) is 0 Å². The molecule has 6 rings (SSSR count). The van der Waals surface area contributed by atoms with Crippen molar-refractivity contribution in [1.29, 1.82) is 0 Å². The third-order valence-electron chi connectivity index (χ3n) is 10.2. The summed E-state index contributed by atoms with van der Waals surface area (Å²) in [5.74, 6) is 1.12. The molecule has 0 amide bonds. The fourth-order valence-electron chi connectivity index (χ4n) is 8.13. The fraction of sp³-hybridized carbons (Fsp3) is 0.289. The molecule has 0 atom stereocenters. The average Bonchev–Trinajstić information content (AvgIpc) is 3.36. The van der Waals surface area contributed by atoms with Crippen molar-refractivity contribution in [2.45, 2.75) is 78.7 Å². The van der Waals surface area contributed by atoms with Crippen LogP contribution in [0.25, 0.3) is 33.4 Å². The van der Waals surface area contributed by atoms with Gasteiger partial charge in [0, 0.05) is 5.54 Å². The maximum absolute atomic E-state index is 6.86. The molecule has 5 aromatic carbocycles. The highest BCUT2D eigenvalue weighted by molar-refractivity contribution is 6.92. The molecule has 0 heterocycles. The standard InChI is InChI=1S/C45H51OSi2/c1-12-23-46-42-40(26-31(4)43(47(8)9)41(42)45(5,6)7)48(10,11)44-38-27-34(32-17-13-15-29(2)24-32)19-21-36(38)37-22-20-35(28-39(37)44)33-18-14-16-30(3)25-33/h12-22,24-28,44H,1,23H2,2-11H3. The summed E-state index contributed by atoms with van der Waals surface area (Å²) in [6, 6.07) is 34.8. The normalized spacial score (nSPS) is 13.1. The third-order valence-corrected chi connectivity index (χ3v) is 15.7. The van der Waals surface area contributed by atoms with Crippen LogP contribution in [0.5, 0.6) is 5.75 Å². The minimum absolute atomic E-state index is 0.0544. The van der Waals surface area contributed by atoms with Crippen molar-refractivity contribution < 1.29 is 4.74 Å². The van der Waals surface area contributed by atoms with Gasteiger partial charge in [-0.2, -0.15) is 0 Å². The molecule has 3 heteroatoms. The second-order valence-electron chi connectivity index (χ2n) is 15.7. The van der Waals surface area contributed by atoms with Crippen LogP contribution in [0.4, 0.5) is 0 Å². The Kier molecular flexibility index (Phi) is 9.08. The summed E-state index contributed by atoms with van der Waals surface area (Å²) in [6.45, 7) is 28.4. The molecule has 1 aliphatic carbocycles. The summed E-state index contributed by atoms with van der Waals surface area (Å²) in [6.07, 6.45) is 1.90. The van der Waals surface area contributed by atoms with Crippen LogP contribution >= 0.6 is 0 Å².